The Labute approximate surface area is 62.3 Å². The number of hydrogen-bond acceptors (Lipinski definition) is 2. The average Bonchev–Trinajstić information content (AvgIpc) is 2.09. The van der Waals surface area contributed by atoms with E-state index >= 15 is 0 Å². The van der Waals surface area contributed by atoms with Crippen LogP contribution < -0.4 is 5.69 Å². The lowest BCUT2D eigenvalue weighted by molar-refractivity contribution is 0.427. The van der Waals surface area contributed by atoms with Gasteiger partial charge in [-0.3, -0.25) is 4.57 Å². The fourth-order valence-corrected chi connectivity index (χ4v) is 0.924. The number of aryl methyl sites for hydroxylation is 1. The zero-order chi connectivity index (χ0) is 7.72. The summed E-state index contributed by atoms with van der Waals surface area (Å²) in [4.78, 5) is 10.9. The molecule has 5 heteroatoms. The zero-order valence-electron chi connectivity index (χ0n) is 5.41. The number of alkyl halides is 1. The highest BCUT2D eigenvalue weighted by Crippen LogP contribution is 2.04. The maximum absolute atomic E-state index is 10.9. The smallest absolute Gasteiger partial charge is 0.331 e. The van der Waals surface area contributed by atoms with E-state index in [1.807, 2.05) is 0 Å². The molecule has 0 unspecified atom stereocenters. The minimum atomic E-state index is -0.312. The Kier molecular flexibility index (Phi) is 1.72. The van der Waals surface area contributed by atoms with Gasteiger partial charge >= 0.3 is 5.69 Å². The molecule has 1 heterocycles. The molecule has 10 heavy (non-hydrogen) atoms. The maximum atomic E-state index is 10.9. The molecule has 4 nitrogen and oxygen atoms in total. The van der Waals surface area contributed by atoms with E-state index in [0.29, 0.717) is 0 Å². The van der Waals surface area contributed by atoms with Crippen molar-refractivity contribution in [3.8, 4) is 5.88 Å². The molecule has 1 rings (SSSR count). The summed E-state index contributed by atoms with van der Waals surface area (Å²) < 4.78 is 2.32. The van der Waals surface area contributed by atoms with E-state index in [2.05, 4.69) is 0 Å². The summed E-state index contributed by atoms with van der Waals surface area (Å²) in [6, 6.07) is -0.0223. The van der Waals surface area contributed by atoms with Crippen LogP contribution in [0.2, 0.25) is 0 Å². The molecule has 1 aromatic heterocycles. The van der Waals surface area contributed by atoms with Crippen LogP contribution in [0.5, 0.6) is 5.88 Å². The van der Waals surface area contributed by atoms with Gasteiger partial charge in [0.25, 0.3) is 0 Å². The first-order valence-electron chi connectivity index (χ1n) is 2.68. The minimum Gasteiger partial charge on any atom is -0.493 e. The molecular weight excluding hydrogens is 156 g/mol. The van der Waals surface area contributed by atoms with Crippen LogP contribution in [0.1, 0.15) is 0 Å². The van der Waals surface area contributed by atoms with Crippen LogP contribution in [0.15, 0.2) is 11.0 Å². The highest BCUT2D eigenvalue weighted by Gasteiger charge is 2.04. The van der Waals surface area contributed by atoms with Gasteiger partial charge in [-0.15, -0.1) is 11.6 Å². The van der Waals surface area contributed by atoms with E-state index in [4.69, 9.17) is 16.7 Å². The Hall–Kier alpha value is -0.900. The second-order valence-electron chi connectivity index (χ2n) is 1.93. The second-order valence-corrected chi connectivity index (χ2v) is 2.17. The summed E-state index contributed by atoms with van der Waals surface area (Å²) in [5.41, 5.74) is -0.312. The molecule has 0 aliphatic rings. The number of imidazole rings is 1. The summed E-state index contributed by atoms with van der Waals surface area (Å²) >= 11 is 5.34. The Morgan fingerprint density at radius 1 is 1.80 bits per heavy atom. The number of hydrogen-bond donors (Lipinski definition) is 1. The van der Waals surface area contributed by atoms with Gasteiger partial charge in [-0.05, 0) is 0 Å². The van der Waals surface area contributed by atoms with Crippen molar-refractivity contribution < 1.29 is 5.11 Å². The van der Waals surface area contributed by atoms with Crippen molar-refractivity contribution in [2.45, 2.75) is 6.00 Å². The lowest BCUT2D eigenvalue weighted by Gasteiger charge is -1.91. The van der Waals surface area contributed by atoms with Gasteiger partial charge in [-0.1, -0.05) is 0 Å². The average molecular weight is 163 g/mol. The number of aromatic nitrogens is 2. The summed E-state index contributed by atoms with van der Waals surface area (Å²) in [7, 11) is 1.55. The number of nitrogens with zero attached hydrogens (tertiary/aromatic N) is 2. The van der Waals surface area contributed by atoms with E-state index in [0.717, 1.165) is 4.57 Å². The van der Waals surface area contributed by atoms with Crippen LogP contribution in [0.4, 0.5) is 0 Å². The standard InChI is InChI=1S/C5H7ClN2O2/c1-7-2-4(9)8(3-6)5(7)10/h2,9H,3H2,1H3. The molecule has 0 amide bonds. The molecule has 0 spiro atoms. The third-order valence-corrected chi connectivity index (χ3v) is 1.48. The molecular formula is C5H7ClN2O2. The molecule has 1 aromatic rings. The first kappa shape index (κ1) is 7.21. The SMILES string of the molecule is Cn1cc(O)n(CCl)c1=O. The second kappa shape index (κ2) is 2.38. The van der Waals surface area contributed by atoms with Gasteiger partial charge in [-0.2, -0.15) is 0 Å². The van der Waals surface area contributed by atoms with Crippen molar-refractivity contribution >= 4 is 11.6 Å². The first-order chi connectivity index (χ1) is 4.66. The van der Waals surface area contributed by atoms with Crippen molar-refractivity contribution in [1.82, 2.24) is 9.13 Å². The fourth-order valence-electron chi connectivity index (χ4n) is 0.699. The van der Waals surface area contributed by atoms with E-state index in [-0.39, 0.29) is 17.6 Å². The van der Waals surface area contributed by atoms with Gasteiger partial charge in [0.05, 0.1) is 6.20 Å². The van der Waals surface area contributed by atoms with Crippen molar-refractivity contribution in [1.29, 1.82) is 0 Å². The van der Waals surface area contributed by atoms with Crippen molar-refractivity contribution in [3.63, 3.8) is 0 Å². The van der Waals surface area contributed by atoms with Crippen molar-refractivity contribution in [3.05, 3.63) is 16.7 Å². The molecule has 0 aliphatic carbocycles. The predicted octanol–water partition coefficient (Wildman–Crippen LogP) is 0.0887. The third-order valence-electron chi connectivity index (χ3n) is 1.24. The Morgan fingerprint density at radius 3 is 2.60 bits per heavy atom. The Bertz CT molecular complexity index is 288. The fraction of sp³-hybridized carbons (Fsp3) is 0.400. The van der Waals surface area contributed by atoms with Gasteiger partial charge in [0.2, 0.25) is 5.88 Å². The van der Waals surface area contributed by atoms with Crippen LogP contribution in [0.25, 0.3) is 0 Å². The number of aromatic hydroxyl groups is 1. The lowest BCUT2D eigenvalue weighted by Crippen LogP contribution is -2.20. The molecule has 0 atom stereocenters. The molecule has 0 bridgehead atoms. The number of halogens is 1. The predicted molar refractivity (Wildman–Crippen MR) is 37.2 cm³/mol. The van der Waals surface area contributed by atoms with Crippen LogP contribution in [0, 0.1) is 0 Å². The van der Waals surface area contributed by atoms with E-state index in [9.17, 15) is 4.79 Å². The van der Waals surface area contributed by atoms with E-state index < -0.39 is 0 Å². The largest absolute Gasteiger partial charge is 0.493 e. The summed E-state index contributed by atoms with van der Waals surface area (Å²) in [5.74, 6) is -0.109. The van der Waals surface area contributed by atoms with Crippen LogP contribution >= 0.6 is 11.6 Å². The van der Waals surface area contributed by atoms with Crippen LogP contribution in [-0.4, -0.2) is 14.2 Å². The first-order valence-corrected chi connectivity index (χ1v) is 3.21. The van der Waals surface area contributed by atoms with Gasteiger partial charge in [0.15, 0.2) is 0 Å². The van der Waals surface area contributed by atoms with Crippen molar-refractivity contribution in [2.75, 3.05) is 0 Å². The zero-order valence-corrected chi connectivity index (χ0v) is 6.17. The molecule has 0 fully saturated rings. The highest BCUT2D eigenvalue weighted by atomic mass is 35.5. The van der Waals surface area contributed by atoms with Crippen LogP contribution in [-0.2, 0) is 13.1 Å². The molecule has 1 N–H and O–H groups in total. The molecule has 0 radical (unpaired) electrons. The molecule has 56 valence electrons. The maximum Gasteiger partial charge on any atom is 0.331 e. The van der Waals surface area contributed by atoms with Crippen LogP contribution in [0.3, 0.4) is 0 Å². The number of rotatable bonds is 1. The molecule has 0 saturated carbocycles. The molecule has 0 aliphatic heterocycles. The Balaban J connectivity index is 3.34. The highest BCUT2D eigenvalue weighted by molar-refractivity contribution is 6.15. The quantitative estimate of drug-likeness (QED) is 0.595. The normalized spacial score (nSPS) is 10.2. The summed E-state index contributed by atoms with van der Waals surface area (Å²) in [5, 5.41) is 8.97. The third kappa shape index (κ3) is 0.903. The van der Waals surface area contributed by atoms with E-state index in [1.54, 1.807) is 7.05 Å². The Morgan fingerprint density at radius 2 is 2.40 bits per heavy atom. The monoisotopic (exact) mass is 162 g/mol. The van der Waals surface area contributed by atoms with Gasteiger partial charge < -0.3 is 5.11 Å². The molecule has 0 aromatic carbocycles. The van der Waals surface area contributed by atoms with Gasteiger partial charge in [-0.25, -0.2) is 9.36 Å². The van der Waals surface area contributed by atoms with E-state index in [1.165, 1.54) is 10.8 Å². The molecule has 0 saturated heterocycles. The summed E-state index contributed by atoms with van der Waals surface area (Å²) in [6.45, 7) is 0. The topological polar surface area (TPSA) is 47.2 Å². The van der Waals surface area contributed by atoms with Crippen molar-refractivity contribution in [2.24, 2.45) is 7.05 Å². The lowest BCUT2D eigenvalue weighted by atomic mass is 10.8. The summed E-state index contributed by atoms with van der Waals surface area (Å²) in [6.07, 6.45) is 1.31. The minimum absolute atomic E-state index is 0.0223. The van der Waals surface area contributed by atoms with Gasteiger partial charge in [0.1, 0.15) is 6.00 Å². The van der Waals surface area contributed by atoms with Gasteiger partial charge in [0, 0.05) is 7.05 Å².